The molecule has 3 heterocycles. The highest BCUT2D eigenvalue weighted by Crippen LogP contribution is 2.42. The Morgan fingerprint density at radius 1 is 1.23 bits per heavy atom. The van der Waals surface area contributed by atoms with Crippen molar-refractivity contribution in [2.75, 3.05) is 18.1 Å². The van der Waals surface area contributed by atoms with Crippen molar-refractivity contribution >= 4 is 33.6 Å². The van der Waals surface area contributed by atoms with E-state index < -0.39 is 11.6 Å². The fraction of sp³-hybridized carbons (Fsp3) is 0.423. The lowest BCUT2D eigenvalue weighted by Gasteiger charge is -2.28. The molecule has 1 aliphatic carbocycles. The van der Waals surface area contributed by atoms with Crippen molar-refractivity contribution in [2.24, 2.45) is 5.92 Å². The summed E-state index contributed by atoms with van der Waals surface area (Å²) in [7, 11) is 1.85. The molecule has 3 atom stereocenters. The molecule has 5 rings (SSSR count). The molecule has 4 aromatic rings. The van der Waals surface area contributed by atoms with Crippen LogP contribution in [0.25, 0.3) is 21.9 Å². The van der Waals surface area contributed by atoms with E-state index in [1.807, 2.05) is 37.5 Å². The molecule has 0 aliphatic heterocycles. The largest absolute Gasteiger partial charge is 0.381 e. The molecular formula is C26H31FN6O2. The number of nitrogen functional groups attached to an aromatic ring is 1. The predicted octanol–water partition coefficient (Wildman–Crippen LogP) is 4.44. The van der Waals surface area contributed by atoms with Crippen LogP contribution >= 0.6 is 0 Å². The number of hydrogen-bond acceptors (Lipinski definition) is 7. The smallest absolute Gasteiger partial charge is 0.165 e. The molecule has 4 N–H and O–H groups in total. The van der Waals surface area contributed by atoms with Crippen LogP contribution in [0.15, 0.2) is 42.9 Å². The van der Waals surface area contributed by atoms with Crippen molar-refractivity contribution < 1.29 is 14.2 Å². The Kier molecular flexibility index (Phi) is 6.06. The number of nitrogens with zero attached hydrogens (tertiary/aromatic N) is 4. The summed E-state index contributed by atoms with van der Waals surface area (Å²) in [6.45, 7) is 3.34. The summed E-state index contributed by atoms with van der Waals surface area (Å²) in [5.41, 5.74) is 8.35. The van der Waals surface area contributed by atoms with Gasteiger partial charge in [-0.1, -0.05) is 12.1 Å². The maximum atomic E-state index is 13.7. The number of anilines is 2. The van der Waals surface area contributed by atoms with E-state index in [4.69, 9.17) is 10.5 Å². The summed E-state index contributed by atoms with van der Waals surface area (Å²) >= 11 is 0. The first kappa shape index (κ1) is 23.4. The second-order valence-corrected chi connectivity index (χ2v) is 9.86. The van der Waals surface area contributed by atoms with Crippen LogP contribution in [0, 0.1) is 11.7 Å². The molecule has 9 heteroatoms. The molecule has 1 aliphatic rings. The van der Waals surface area contributed by atoms with Crippen LogP contribution in [0.5, 0.6) is 0 Å². The van der Waals surface area contributed by atoms with Crippen molar-refractivity contribution in [3.8, 4) is 0 Å². The SMILES string of the molecule is CNc1ncnc2c1ccn2[C@@H]1C[C@H](CCc2ccc3cc(F)c(N)nc3c2)C[C@H]1OC(C)(C)O. The molecule has 1 fully saturated rings. The van der Waals surface area contributed by atoms with Gasteiger partial charge in [0.2, 0.25) is 0 Å². The van der Waals surface area contributed by atoms with E-state index in [0.29, 0.717) is 11.4 Å². The van der Waals surface area contributed by atoms with Crippen LogP contribution in [0.2, 0.25) is 0 Å². The van der Waals surface area contributed by atoms with Gasteiger partial charge in [0, 0.05) is 18.6 Å². The van der Waals surface area contributed by atoms with E-state index in [9.17, 15) is 9.50 Å². The lowest BCUT2D eigenvalue weighted by atomic mass is 9.97. The number of aromatic nitrogens is 4. The highest BCUT2D eigenvalue weighted by atomic mass is 19.1. The standard InChI is InChI=1S/C26H31FN6O2/c1-26(2,34)35-22-12-16(5-4-15-6-7-17-13-19(27)23(28)32-20(17)10-15)11-21(22)33-9-8-18-24(29-3)30-14-31-25(18)33/h6-10,13-14,16,21-22,34H,4-5,11-12H2,1-3H3,(H2,28,32)(H,29,30,31)/t16-,21+,22+/m0/s1. The Bertz CT molecular complexity index is 1370. The third-order valence-corrected chi connectivity index (χ3v) is 6.82. The number of hydrogen-bond donors (Lipinski definition) is 3. The average molecular weight is 479 g/mol. The predicted molar refractivity (Wildman–Crippen MR) is 134 cm³/mol. The van der Waals surface area contributed by atoms with Gasteiger partial charge in [0.25, 0.3) is 0 Å². The van der Waals surface area contributed by atoms with Gasteiger partial charge in [0.05, 0.1) is 23.0 Å². The maximum Gasteiger partial charge on any atom is 0.165 e. The molecule has 0 bridgehead atoms. The zero-order valence-corrected chi connectivity index (χ0v) is 20.2. The number of fused-ring (bicyclic) bond motifs is 2. The Balaban J connectivity index is 1.37. The second kappa shape index (κ2) is 9.05. The maximum absolute atomic E-state index is 13.7. The third-order valence-electron chi connectivity index (χ3n) is 6.82. The molecule has 184 valence electrons. The fourth-order valence-electron chi connectivity index (χ4n) is 5.27. The average Bonchev–Trinajstić information content (AvgIpc) is 3.40. The number of aryl methyl sites for hydroxylation is 1. The van der Waals surface area contributed by atoms with Gasteiger partial charge in [0.15, 0.2) is 17.4 Å². The molecule has 0 amide bonds. The highest BCUT2D eigenvalue weighted by molar-refractivity contribution is 5.87. The number of aliphatic hydroxyl groups is 1. The molecule has 0 unspecified atom stereocenters. The third kappa shape index (κ3) is 4.78. The van der Waals surface area contributed by atoms with Crippen LogP contribution in [-0.2, 0) is 11.2 Å². The number of ether oxygens (including phenoxy) is 1. The van der Waals surface area contributed by atoms with E-state index in [1.54, 1.807) is 20.2 Å². The van der Waals surface area contributed by atoms with E-state index in [2.05, 4.69) is 24.8 Å². The molecule has 0 spiro atoms. The van der Waals surface area contributed by atoms with Crippen molar-refractivity contribution in [3.63, 3.8) is 0 Å². The minimum Gasteiger partial charge on any atom is -0.381 e. The Morgan fingerprint density at radius 2 is 2.06 bits per heavy atom. The van der Waals surface area contributed by atoms with Crippen LogP contribution < -0.4 is 11.1 Å². The number of rotatable bonds is 7. The summed E-state index contributed by atoms with van der Waals surface area (Å²) in [5.74, 6) is -0.620. The topological polar surface area (TPSA) is 111 Å². The lowest BCUT2D eigenvalue weighted by molar-refractivity contribution is -0.210. The monoisotopic (exact) mass is 478 g/mol. The van der Waals surface area contributed by atoms with Crippen molar-refractivity contribution in [1.82, 2.24) is 19.5 Å². The van der Waals surface area contributed by atoms with E-state index in [0.717, 1.165) is 53.5 Å². The van der Waals surface area contributed by atoms with Gasteiger partial charge in [-0.2, -0.15) is 0 Å². The first-order valence-corrected chi connectivity index (χ1v) is 12.0. The zero-order valence-electron chi connectivity index (χ0n) is 20.2. The van der Waals surface area contributed by atoms with Gasteiger partial charge in [-0.25, -0.2) is 19.3 Å². The van der Waals surface area contributed by atoms with Crippen LogP contribution in [0.1, 0.15) is 44.7 Å². The molecule has 0 radical (unpaired) electrons. The zero-order chi connectivity index (χ0) is 24.7. The first-order chi connectivity index (χ1) is 16.7. The van der Waals surface area contributed by atoms with Crippen LogP contribution in [0.4, 0.5) is 16.0 Å². The lowest BCUT2D eigenvalue weighted by Crippen LogP contribution is -2.33. The fourth-order valence-corrected chi connectivity index (χ4v) is 5.27. The number of pyridine rings is 1. The summed E-state index contributed by atoms with van der Waals surface area (Å²) in [5, 5.41) is 15.2. The molecular weight excluding hydrogens is 447 g/mol. The normalized spacial score (nSPS) is 20.7. The van der Waals surface area contributed by atoms with Gasteiger partial charge in [-0.05, 0) is 69.2 Å². The van der Waals surface area contributed by atoms with Crippen molar-refractivity contribution in [1.29, 1.82) is 0 Å². The number of benzene rings is 1. The summed E-state index contributed by atoms with van der Waals surface area (Å²) < 4.78 is 22.0. The van der Waals surface area contributed by atoms with E-state index in [1.165, 1.54) is 6.07 Å². The van der Waals surface area contributed by atoms with E-state index in [-0.39, 0.29) is 18.0 Å². The minimum atomic E-state index is -1.23. The van der Waals surface area contributed by atoms with Gasteiger partial charge >= 0.3 is 0 Å². The van der Waals surface area contributed by atoms with Gasteiger partial charge in [-0.3, -0.25) is 0 Å². The molecule has 35 heavy (non-hydrogen) atoms. The molecule has 1 saturated carbocycles. The Hall–Kier alpha value is -3.30. The highest BCUT2D eigenvalue weighted by Gasteiger charge is 2.39. The molecule has 3 aromatic heterocycles. The number of nitrogens with two attached hydrogens (primary N) is 1. The number of halogens is 1. The second-order valence-electron chi connectivity index (χ2n) is 9.86. The quantitative estimate of drug-likeness (QED) is 0.337. The molecule has 1 aromatic carbocycles. The van der Waals surface area contributed by atoms with Gasteiger partial charge < -0.3 is 25.5 Å². The van der Waals surface area contributed by atoms with Gasteiger partial charge in [-0.15, -0.1) is 0 Å². The minimum absolute atomic E-state index is 0.0459. The Morgan fingerprint density at radius 3 is 2.83 bits per heavy atom. The summed E-state index contributed by atoms with van der Waals surface area (Å²) in [6, 6.07) is 9.38. The first-order valence-electron chi connectivity index (χ1n) is 12.0. The van der Waals surface area contributed by atoms with Crippen molar-refractivity contribution in [2.45, 2.75) is 57.5 Å². The summed E-state index contributed by atoms with van der Waals surface area (Å²) in [4.78, 5) is 13.0. The molecule has 8 nitrogen and oxygen atoms in total. The number of nitrogens with one attached hydrogen (secondary N) is 1. The van der Waals surface area contributed by atoms with Gasteiger partial charge in [0.1, 0.15) is 17.8 Å². The van der Waals surface area contributed by atoms with E-state index >= 15 is 0 Å². The van der Waals surface area contributed by atoms with Crippen molar-refractivity contribution in [3.05, 3.63) is 54.2 Å². The van der Waals surface area contributed by atoms with Crippen LogP contribution in [0.3, 0.4) is 0 Å². The Labute approximate surface area is 203 Å². The molecule has 0 saturated heterocycles. The summed E-state index contributed by atoms with van der Waals surface area (Å²) in [6.07, 6.45) is 7.02. The van der Waals surface area contributed by atoms with Crippen LogP contribution in [-0.4, -0.2) is 43.6 Å².